The molecule has 0 radical (unpaired) electrons. The summed E-state index contributed by atoms with van der Waals surface area (Å²) in [5.41, 5.74) is 3.07. The van der Waals surface area contributed by atoms with Gasteiger partial charge < -0.3 is 9.64 Å². The molecule has 1 aromatic carbocycles. The van der Waals surface area contributed by atoms with Crippen molar-refractivity contribution in [1.29, 1.82) is 0 Å². The van der Waals surface area contributed by atoms with Gasteiger partial charge in [-0.2, -0.15) is 11.3 Å². The minimum absolute atomic E-state index is 0.180. The van der Waals surface area contributed by atoms with Crippen molar-refractivity contribution in [2.75, 3.05) is 13.7 Å². The molecule has 27 heavy (non-hydrogen) atoms. The van der Waals surface area contributed by atoms with E-state index in [0.717, 1.165) is 22.2 Å². The number of pyridine rings is 1. The number of amides is 1. The molecule has 5 nitrogen and oxygen atoms in total. The van der Waals surface area contributed by atoms with Gasteiger partial charge in [0.15, 0.2) is 6.61 Å². The lowest BCUT2D eigenvalue weighted by molar-refractivity contribution is -0.133. The van der Waals surface area contributed by atoms with Crippen LogP contribution in [0.2, 0.25) is 0 Å². The average Bonchev–Trinajstić information content (AvgIpc) is 3.17. The van der Waals surface area contributed by atoms with Crippen molar-refractivity contribution in [2.24, 2.45) is 0 Å². The van der Waals surface area contributed by atoms with Gasteiger partial charge in [0.05, 0.1) is 11.1 Å². The van der Waals surface area contributed by atoms with Gasteiger partial charge in [-0.3, -0.25) is 9.78 Å². The van der Waals surface area contributed by atoms with Crippen LogP contribution in [0.5, 0.6) is 0 Å². The number of carbonyl (C=O) groups is 2. The van der Waals surface area contributed by atoms with Crippen LogP contribution in [-0.4, -0.2) is 35.4 Å². The van der Waals surface area contributed by atoms with E-state index in [9.17, 15) is 9.59 Å². The normalized spacial score (nSPS) is 11.0. The number of hydrogen-bond acceptors (Lipinski definition) is 5. The Morgan fingerprint density at radius 3 is 2.70 bits per heavy atom. The summed E-state index contributed by atoms with van der Waals surface area (Å²) in [6, 6.07) is 11.2. The smallest absolute Gasteiger partial charge is 0.339 e. The molecule has 0 fully saturated rings. The topological polar surface area (TPSA) is 59.5 Å². The molecule has 0 saturated heterocycles. The molecule has 2 heterocycles. The number of rotatable bonds is 6. The van der Waals surface area contributed by atoms with E-state index in [1.165, 1.54) is 0 Å². The van der Waals surface area contributed by atoms with Crippen LogP contribution < -0.4 is 0 Å². The Morgan fingerprint density at radius 2 is 2.00 bits per heavy atom. The summed E-state index contributed by atoms with van der Waals surface area (Å²) in [6.07, 6.45) is 0. The van der Waals surface area contributed by atoms with Crippen molar-refractivity contribution in [3.8, 4) is 0 Å². The number of aromatic nitrogens is 1. The average molecular weight is 382 g/mol. The van der Waals surface area contributed by atoms with E-state index in [2.05, 4.69) is 4.98 Å². The molecule has 0 spiro atoms. The van der Waals surface area contributed by atoms with Crippen LogP contribution in [0.15, 0.2) is 47.2 Å². The fourth-order valence-electron chi connectivity index (χ4n) is 2.72. The lowest BCUT2D eigenvalue weighted by atomic mass is 10.0. The standard InChI is InChI=1S/C21H22N2O3S/c1-14(2)19-10-17(16-6-4-5-7-18(16)22-19)21(25)26-12-20(24)23(3)11-15-8-9-27-13-15/h4-10,13-14H,11-12H2,1-3H3. The largest absolute Gasteiger partial charge is 0.452 e. The van der Waals surface area contributed by atoms with Crippen LogP contribution >= 0.6 is 11.3 Å². The Morgan fingerprint density at radius 1 is 1.22 bits per heavy atom. The second kappa shape index (κ2) is 8.31. The monoisotopic (exact) mass is 382 g/mol. The molecule has 0 saturated carbocycles. The van der Waals surface area contributed by atoms with Gasteiger partial charge in [-0.1, -0.05) is 32.0 Å². The predicted molar refractivity (Wildman–Crippen MR) is 107 cm³/mol. The fourth-order valence-corrected chi connectivity index (χ4v) is 3.38. The number of carbonyl (C=O) groups excluding carboxylic acids is 2. The molecular weight excluding hydrogens is 360 g/mol. The molecule has 0 N–H and O–H groups in total. The number of esters is 1. The van der Waals surface area contributed by atoms with Crippen molar-refractivity contribution in [1.82, 2.24) is 9.88 Å². The molecule has 140 valence electrons. The van der Waals surface area contributed by atoms with Gasteiger partial charge >= 0.3 is 5.97 Å². The third-order valence-electron chi connectivity index (χ3n) is 4.30. The molecule has 0 aliphatic rings. The fraction of sp³-hybridized carbons (Fsp3) is 0.286. The quantitative estimate of drug-likeness (QED) is 0.599. The minimum atomic E-state index is -0.507. The molecule has 0 unspecified atom stereocenters. The summed E-state index contributed by atoms with van der Waals surface area (Å²) in [6.45, 7) is 4.26. The first-order valence-corrected chi connectivity index (χ1v) is 9.72. The maximum absolute atomic E-state index is 12.7. The van der Waals surface area contributed by atoms with E-state index in [1.54, 1.807) is 29.4 Å². The van der Waals surface area contributed by atoms with Gasteiger partial charge in [0.25, 0.3) is 5.91 Å². The van der Waals surface area contributed by atoms with Crippen molar-refractivity contribution in [3.63, 3.8) is 0 Å². The van der Waals surface area contributed by atoms with Gasteiger partial charge in [-0.05, 0) is 40.4 Å². The van der Waals surface area contributed by atoms with Crippen LogP contribution in [-0.2, 0) is 16.1 Å². The summed E-state index contributed by atoms with van der Waals surface area (Å²) >= 11 is 1.58. The first kappa shape index (κ1) is 19.0. The van der Waals surface area contributed by atoms with Crippen LogP contribution in [0.3, 0.4) is 0 Å². The molecule has 0 aliphatic heterocycles. The van der Waals surface area contributed by atoms with E-state index in [1.807, 2.05) is 54.9 Å². The van der Waals surface area contributed by atoms with Crippen molar-refractivity contribution in [3.05, 3.63) is 64.0 Å². The Labute approximate surface area is 162 Å². The predicted octanol–water partition coefficient (Wildman–Crippen LogP) is 4.24. The Balaban J connectivity index is 1.73. The molecule has 2 aromatic heterocycles. The van der Waals surface area contributed by atoms with Gasteiger partial charge in [0.2, 0.25) is 0 Å². The summed E-state index contributed by atoms with van der Waals surface area (Å²) in [7, 11) is 1.70. The summed E-state index contributed by atoms with van der Waals surface area (Å²) in [5.74, 6) is -0.565. The molecule has 0 atom stereocenters. The highest BCUT2D eigenvalue weighted by Gasteiger charge is 2.18. The third kappa shape index (κ3) is 4.52. The zero-order chi connectivity index (χ0) is 19.4. The Bertz CT molecular complexity index is 951. The molecule has 0 bridgehead atoms. The molecule has 0 aliphatic carbocycles. The molecule has 3 rings (SSSR count). The van der Waals surface area contributed by atoms with E-state index in [4.69, 9.17) is 4.74 Å². The minimum Gasteiger partial charge on any atom is -0.452 e. The number of hydrogen-bond donors (Lipinski definition) is 0. The second-order valence-electron chi connectivity index (χ2n) is 6.72. The maximum Gasteiger partial charge on any atom is 0.339 e. The lowest BCUT2D eigenvalue weighted by Crippen LogP contribution is -2.30. The number of fused-ring (bicyclic) bond motifs is 1. The van der Waals surface area contributed by atoms with Gasteiger partial charge in [-0.25, -0.2) is 4.79 Å². The van der Waals surface area contributed by atoms with Gasteiger partial charge in [0.1, 0.15) is 0 Å². The number of benzene rings is 1. The second-order valence-corrected chi connectivity index (χ2v) is 7.50. The highest BCUT2D eigenvalue weighted by Crippen LogP contribution is 2.23. The number of nitrogens with zero attached hydrogens (tertiary/aromatic N) is 2. The Kier molecular flexibility index (Phi) is 5.86. The zero-order valence-electron chi connectivity index (χ0n) is 15.6. The van der Waals surface area contributed by atoms with Crippen LogP contribution in [0, 0.1) is 0 Å². The first-order valence-electron chi connectivity index (χ1n) is 8.77. The highest BCUT2D eigenvalue weighted by molar-refractivity contribution is 7.07. The van der Waals surface area contributed by atoms with Crippen LogP contribution in [0.25, 0.3) is 10.9 Å². The van der Waals surface area contributed by atoms with Gasteiger partial charge in [0, 0.05) is 24.7 Å². The van der Waals surface area contributed by atoms with Crippen molar-refractivity contribution >= 4 is 34.1 Å². The summed E-state index contributed by atoms with van der Waals surface area (Å²) < 4.78 is 5.32. The summed E-state index contributed by atoms with van der Waals surface area (Å²) in [4.78, 5) is 31.1. The Hall–Kier alpha value is -2.73. The number of thiophene rings is 1. The number of para-hydroxylation sites is 1. The highest BCUT2D eigenvalue weighted by atomic mass is 32.1. The van der Waals surface area contributed by atoms with Gasteiger partial charge in [-0.15, -0.1) is 0 Å². The molecule has 3 aromatic rings. The van der Waals surface area contributed by atoms with E-state index in [0.29, 0.717) is 12.1 Å². The lowest BCUT2D eigenvalue weighted by Gasteiger charge is -2.17. The third-order valence-corrected chi connectivity index (χ3v) is 5.03. The zero-order valence-corrected chi connectivity index (χ0v) is 16.5. The first-order chi connectivity index (χ1) is 13.0. The van der Waals surface area contributed by atoms with Crippen molar-refractivity contribution < 1.29 is 14.3 Å². The van der Waals surface area contributed by atoms with Crippen LogP contribution in [0.1, 0.15) is 41.4 Å². The number of likely N-dealkylation sites (N-methyl/N-ethyl adjacent to an activating group) is 1. The molecule has 6 heteroatoms. The maximum atomic E-state index is 12.7. The van der Waals surface area contributed by atoms with Crippen LogP contribution in [0.4, 0.5) is 0 Å². The molecular formula is C21H22N2O3S. The van der Waals surface area contributed by atoms with Crippen molar-refractivity contribution in [2.45, 2.75) is 26.3 Å². The molecule has 1 amide bonds. The van der Waals surface area contributed by atoms with E-state index in [-0.39, 0.29) is 18.4 Å². The summed E-state index contributed by atoms with van der Waals surface area (Å²) in [5, 5.41) is 4.69. The SMILES string of the molecule is CC(C)c1cc(C(=O)OCC(=O)N(C)Cc2ccsc2)c2ccccc2n1. The number of ether oxygens (including phenoxy) is 1. The van der Waals surface area contributed by atoms with E-state index < -0.39 is 5.97 Å². The van der Waals surface area contributed by atoms with E-state index >= 15 is 0 Å².